The number of hydrogen-bond donors (Lipinski definition) is 3. The smallest absolute Gasteiger partial charge is 0.237 e. The fourth-order valence-electron chi connectivity index (χ4n) is 8.86. The van der Waals surface area contributed by atoms with Crippen LogP contribution in [0.3, 0.4) is 0 Å². The maximum atomic E-state index is 5.74. The van der Waals surface area contributed by atoms with Crippen LogP contribution in [0.15, 0.2) is 85.5 Å². The summed E-state index contributed by atoms with van der Waals surface area (Å²) >= 11 is 0. The van der Waals surface area contributed by atoms with Gasteiger partial charge < -0.3 is 25.6 Å². The SMILES string of the molecule is C=C1CCC(c2ccc(C3CC(N4CCN(Cc5ccc(Nc6ncc7c(n6)CN(c6cnc8c(c6C)NCCO8)CC7)cc5)CC4)C3)cc2)C(=C)N1.[HH].[HH].[HH]. The second-order valence-electron chi connectivity index (χ2n) is 15.5. The molecule has 2 saturated heterocycles. The molecular formula is C43H57N9O. The van der Waals surface area contributed by atoms with Crippen molar-refractivity contribution in [2.45, 2.75) is 70.0 Å². The Morgan fingerprint density at radius 3 is 2.51 bits per heavy atom. The Kier molecular flexibility index (Phi) is 9.25. The molecule has 1 atom stereocenters. The summed E-state index contributed by atoms with van der Waals surface area (Å²) in [5, 5.41) is 10.3. The molecule has 1 saturated carbocycles. The van der Waals surface area contributed by atoms with Crippen molar-refractivity contribution in [3.8, 4) is 5.88 Å². The molecule has 53 heavy (non-hydrogen) atoms. The number of piperidine rings is 1. The van der Waals surface area contributed by atoms with Gasteiger partial charge in [0.05, 0.1) is 24.1 Å². The van der Waals surface area contributed by atoms with Gasteiger partial charge in [-0.05, 0) is 79.3 Å². The minimum Gasteiger partial charge on any atom is -0.474 e. The average molecular weight is 716 g/mol. The van der Waals surface area contributed by atoms with Gasteiger partial charge in [-0.2, -0.15) is 0 Å². The van der Waals surface area contributed by atoms with Gasteiger partial charge in [-0.25, -0.2) is 15.0 Å². The van der Waals surface area contributed by atoms with Crippen LogP contribution in [0, 0.1) is 6.92 Å². The molecule has 0 amide bonds. The highest BCUT2D eigenvalue weighted by atomic mass is 16.5. The number of nitrogens with zero attached hydrogens (tertiary/aromatic N) is 6. The van der Waals surface area contributed by atoms with Crippen molar-refractivity contribution < 1.29 is 9.02 Å². The number of nitrogens with one attached hydrogen (secondary N) is 3. The predicted molar refractivity (Wildman–Crippen MR) is 218 cm³/mol. The van der Waals surface area contributed by atoms with Crippen molar-refractivity contribution in [3.63, 3.8) is 0 Å². The fraction of sp³-hybridized carbons (Fsp3) is 0.419. The molecule has 9 rings (SSSR count). The summed E-state index contributed by atoms with van der Waals surface area (Å²) in [6.45, 7) is 19.1. The Bertz CT molecular complexity index is 2000. The largest absolute Gasteiger partial charge is 0.474 e. The molecule has 0 bridgehead atoms. The van der Waals surface area contributed by atoms with Gasteiger partial charge in [0.2, 0.25) is 11.8 Å². The van der Waals surface area contributed by atoms with Crippen LogP contribution >= 0.6 is 0 Å². The first kappa shape index (κ1) is 33.9. The number of allylic oxidation sites excluding steroid dienone is 2. The van der Waals surface area contributed by atoms with Gasteiger partial charge in [-0.15, -0.1) is 0 Å². The number of rotatable bonds is 8. The first-order chi connectivity index (χ1) is 25.9. The lowest BCUT2D eigenvalue weighted by atomic mass is 9.74. The second-order valence-corrected chi connectivity index (χ2v) is 15.5. The molecule has 4 aliphatic heterocycles. The summed E-state index contributed by atoms with van der Waals surface area (Å²) in [5.74, 6) is 2.40. The third-order valence-corrected chi connectivity index (χ3v) is 12.2. The quantitative estimate of drug-likeness (QED) is 0.170. The van der Waals surface area contributed by atoms with Gasteiger partial charge in [0.25, 0.3) is 0 Å². The van der Waals surface area contributed by atoms with Gasteiger partial charge in [0.15, 0.2) is 0 Å². The minimum absolute atomic E-state index is 0. The maximum absolute atomic E-state index is 5.74. The van der Waals surface area contributed by atoms with E-state index < -0.39 is 0 Å². The van der Waals surface area contributed by atoms with E-state index in [2.05, 4.69) is 109 Å². The fourth-order valence-corrected chi connectivity index (χ4v) is 8.86. The molecule has 10 heteroatoms. The third-order valence-electron chi connectivity index (χ3n) is 12.2. The number of ether oxygens (including phenoxy) is 1. The highest BCUT2D eigenvalue weighted by Gasteiger charge is 2.36. The monoisotopic (exact) mass is 715 g/mol. The number of hydrogen-bond acceptors (Lipinski definition) is 10. The Morgan fingerprint density at radius 1 is 0.925 bits per heavy atom. The average Bonchev–Trinajstić information content (AvgIpc) is 3.16. The number of aromatic nitrogens is 3. The number of anilines is 4. The van der Waals surface area contributed by atoms with Crippen LogP contribution in [0.1, 0.15) is 75.3 Å². The van der Waals surface area contributed by atoms with E-state index in [0.717, 1.165) is 106 Å². The van der Waals surface area contributed by atoms with Gasteiger partial charge in [0.1, 0.15) is 12.3 Å². The maximum Gasteiger partial charge on any atom is 0.237 e. The lowest BCUT2D eigenvalue weighted by molar-refractivity contribution is 0.0487. The van der Waals surface area contributed by atoms with E-state index in [0.29, 0.717) is 36.3 Å². The molecule has 1 aliphatic carbocycles. The molecule has 10 nitrogen and oxygen atoms in total. The molecule has 0 spiro atoms. The summed E-state index contributed by atoms with van der Waals surface area (Å²) in [6.07, 6.45) is 9.49. The Balaban J connectivity index is 0.00000177. The first-order valence-electron chi connectivity index (χ1n) is 19.5. The van der Waals surface area contributed by atoms with Crippen LogP contribution in [0.4, 0.5) is 23.0 Å². The molecule has 6 heterocycles. The third kappa shape index (κ3) is 7.10. The van der Waals surface area contributed by atoms with E-state index in [1.807, 2.05) is 12.4 Å². The predicted octanol–water partition coefficient (Wildman–Crippen LogP) is 7.59. The van der Waals surface area contributed by atoms with Crippen molar-refractivity contribution in [2.24, 2.45) is 0 Å². The number of benzene rings is 2. The zero-order chi connectivity index (χ0) is 35.9. The summed E-state index contributed by atoms with van der Waals surface area (Å²) in [7, 11) is 0. The van der Waals surface area contributed by atoms with Gasteiger partial charge in [0, 0.05) is 90.9 Å². The normalized spacial score (nSPS) is 23.2. The second kappa shape index (κ2) is 14.5. The Morgan fingerprint density at radius 2 is 1.72 bits per heavy atom. The van der Waals surface area contributed by atoms with Crippen LogP contribution in [-0.4, -0.2) is 76.7 Å². The lowest BCUT2D eigenvalue weighted by Gasteiger charge is -2.46. The highest BCUT2D eigenvalue weighted by Crippen LogP contribution is 2.41. The van der Waals surface area contributed by atoms with Crippen molar-refractivity contribution in [1.29, 1.82) is 0 Å². The van der Waals surface area contributed by atoms with E-state index in [1.165, 1.54) is 40.7 Å². The Labute approximate surface area is 317 Å². The summed E-state index contributed by atoms with van der Waals surface area (Å²) in [4.78, 5) is 21.9. The number of pyridine rings is 1. The molecule has 3 N–H and O–H groups in total. The molecule has 280 valence electrons. The standard InChI is InChI=1S/C43H51N9O.3H2/c1-28-4-13-38(30(3)47-28)33-9-7-32(8-10-33)35-22-37(23-35)51-19-17-50(18-20-51)26-31-5-11-36(12-6-31)48-43-46-24-34-14-16-52(27-39(34)49-43)40-25-45-42-41(29(40)2)44-15-21-53-42;;;/h5-12,24-25,35,37-38,44,47H,1,3-4,13-23,26-27H2,2H3,(H,46,48,49);3*1H. The van der Waals surface area contributed by atoms with Crippen molar-refractivity contribution >= 4 is 23.0 Å². The van der Waals surface area contributed by atoms with Crippen LogP contribution in [-0.2, 0) is 19.5 Å². The van der Waals surface area contributed by atoms with Crippen LogP contribution in [0.25, 0.3) is 0 Å². The lowest BCUT2D eigenvalue weighted by Crippen LogP contribution is -2.53. The molecule has 5 aliphatic rings. The molecule has 2 aromatic carbocycles. The van der Waals surface area contributed by atoms with Gasteiger partial charge >= 0.3 is 0 Å². The Hall–Kier alpha value is -4.93. The summed E-state index contributed by atoms with van der Waals surface area (Å²) in [5.41, 5.74) is 12.9. The molecular weight excluding hydrogens is 659 g/mol. The topological polar surface area (TPSA) is 93.7 Å². The van der Waals surface area contributed by atoms with E-state index in [1.54, 1.807) is 0 Å². The zero-order valence-electron chi connectivity index (χ0n) is 30.9. The molecule has 3 fully saturated rings. The molecule has 4 aromatic rings. The van der Waals surface area contributed by atoms with Gasteiger partial charge in [-0.3, -0.25) is 9.80 Å². The van der Waals surface area contributed by atoms with Crippen LogP contribution in [0.2, 0.25) is 0 Å². The zero-order valence-corrected chi connectivity index (χ0v) is 30.9. The van der Waals surface area contributed by atoms with E-state index in [9.17, 15) is 0 Å². The van der Waals surface area contributed by atoms with Crippen LogP contribution < -0.4 is 25.6 Å². The molecule has 2 aromatic heterocycles. The van der Waals surface area contributed by atoms with Crippen LogP contribution in [0.5, 0.6) is 5.88 Å². The number of piperazine rings is 1. The number of fused-ring (bicyclic) bond motifs is 2. The van der Waals surface area contributed by atoms with Gasteiger partial charge in [-0.1, -0.05) is 49.6 Å². The van der Waals surface area contributed by atoms with E-state index in [4.69, 9.17) is 9.72 Å². The first-order valence-corrected chi connectivity index (χ1v) is 19.5. The van der Waals surface area contributed by atoms with Crippen molar-refractivity contribution in [3.05, 3.63) is 119 Å². The summed E-state index contributed by atoms with van der Waals surface area (Å²) < 4.78 is 5.74. The molecule has 0 radical (unpaired) electrons. The molecule has 1 unspecified atom stereocenters. The minimum atomic E-state index is 0. The van der Waals surface area contributed by atoms with Crippen molar-refractivity contribution in [1.82, 2.24) is 30.1 Å². The summed E-state index contributed by atoms with van der Waals surface area (Å²) in [6, 6.07) is 18.9. The highest BCUT2D eigenvalue weighted by molar-refractivity contribution is 5.70. The van der Waals surface area contributed by atoms with Crippen molar-refractivity contribution in [2.75, 3.05) is 61.4 Å². The van der Waals surface area contributed by atoms with E-state index >= 15 is 0 Å². The van der Waals surface area contributed by atoms with E-state index in [-0.39, 0.29) is 4.28 Å².